The number of hydrogen-bond donors (Lipinski definition) is 1. The van der Waals surface area contributed by atoms with E-state index in [0.29, 0.717) is 0 Å². The van der Waals surface area contributed by atoms with E-state index >= 15 is 0 Å². The minimum absolute atomic E-state index is 0.520. The van der Waals surface area contributed by atoms with Crippen molar-refractivity contribution < 1.29 is 0 Å². The van der Waals surface area contributed by atoms with E-state index in [0.717, 1.165) is 4.90 Å². The van der Waals surface area contributed by atoms with Crippen LogP contribution in [0, 0.1) is 4.78 Å². The highest BCUT2D eigenvalue weighted by atomic mass is 32.2. The SMILES string of the molecule is N=S1c2ccccc2C=Cc2ccsc21. The fraction of sp³-hybridized carbons (Fsp3) is 0. The van der Waals surface area contributed by atoms with Gasteiger partial charge in [-0.15, -0.1) is 11.3 Å². The standard InChI is InChI=1S/C12H9NS2/c13-15-11-4-2-1-3-9(11)5-6-10-7-8-14-12(10)15/h1-8,13H. The summed E-state index contributed by atoms with van der Waals surface area (Å²) in [4.78, 5) is 1.13. The number of benzene rings is 1. The number of rotatable bonds is 0. The number of thiophene rings is 1. The summed E-state index contributed by atoms with van der Waals surface area (Å²) in [5.74, 6) is 0. The van der Waals surface area contributed by atoms with E-state index < -0.39 is 10.7 Å². The number of hydrogen-bond acceptors (Lipinski definition) is 2. The zero-order valence-corrected chi connectivity index (χ0v) is 9.57. The maximum Gasteiger partial charge on any atom is 0.0824 e. The molecule has 2 aromatic rings. The molecule has 74 valence electrons. The van der Waals surface area contributed by atoms with Crippen molar-refractivity contribution in [1.82, 2.24) is 0 Å². The molecule has 0 fully saturated rings. The molecule has 0 bridgehead atoms. The second-order valence-corrected chi connectivity index (χ2v) is 5.98. The molecule has 15 heavy (non-hydrogen) atoms. The van der Waals surface area contributed by atoms with Gasteiger partial charge in [-0.05, 0) is 33.8 Å². The topological polar surface area (TPSA) is 23.9 Å². The van der Waals surface area contributed by atoms with E-state index in [1.165, 1.54) is 15.3 Å². The van der Waals surface area contributed by atoms with Crippen LogP contribution in [0.1, 0.15) is 11.1 Å². The molecule has 0 saturated carbocycles. The molecule has 1 aliphatic heterocycles. The molecule has 1 aromatic carbocycles. The van der Waals surface area contributed by atoms with Gasteiger partial charge < -0.3 is 0 Å². The predicted molar refractivity (Wildman–Crippen MR) is 66.3 cm³/mol. The highest BCUT2D eigenvalue weighted by molar-refractivity contribution is 7.88. The second-order valence-electron chi connectivity index (χ2n) is 3.34. The van der Waals surface area contributed by atoms with Crippen molar-refractivity contribution >= 4 is 34.2 Å². The number of fused-ring (bicyclic) bond motifs is 2. The van der Waals surface area contributed by atoms with Gasteiger partial charge in [-0.1, -0.05) is 30.4 Å². The second kappa shape index (κ2) is 3.43. The lowest BCUT2D eigenvalue weighted by Crippen LogP contribution is -1.90. The minimum Gasteiger partial charge on any atom is -0.270 e. The van der Waals surface area contributed by atoms with Gasteiger partial charge in [0, 0.05) is 10.5 Å². The molecule has 0 aliphatic carbocycles. The molecule has 0 spiro atoms. The summed E-state index contributed by atoms with van der Waals surface area (Å²) in [5, 5.41) is 2.07. The van der Waals surface area contributed by atoms with E-state index in [1.54, 1.807) is 11.3 Å². The lowest BCUT2D eigenvalue weighted by Gasteiger charge is -2.05. The van der Waals surface area contributed by atoms with Gasteiger partial charge in [-0.2, -0.15) is 0 Å². The third-order valence-electron chi connectivity index (χ3n) is 2.43. The Kier molecular flexibility index (Phi) is 2.08. The first kappa shape index (κ1) is 9.07. The van der Waals surface area contributed by atoms with Gasteiger partial charge in [0.1, 0.15) is 0 Å². The van der Waals surface area contributed by atoms with E-state index in [-0.39, 0.29) is 0 Å². The maximum absolute atomic E-state index is 8.29. The Balaban J connectivity index is 2.31. The van der Waals surface area contributed by atoms with E-state index in [2.05, 4.69) is 35.7 Å². The van der Waals surface area contributed by atoms with Crippen molar-refractivity contribution in [1.29, 1.82) is 4.78 Å². The number of nitrogens with one attached hydrogen (secondary N) is 1. The van der Waals surface area contributed by atoms with Crippen molar-refractivity contribution in [3.8, 4) is 0 Å². The molecule has 1 nitrogen and oxygen atoms in total. The molecule has 1 unspecified atom stereocenters. The largest absolute Gasteiger partial charge is 0.270 e. The summed E-state index contributed by atoms with van der Waals surface area (Å²) < 4.78 is 9.47. The molecule has 1 aliphatic rings. The van der Waals surface area contributed by atoms with Crippen LogP contribution in [0.3, 0.4) is 0 Å². The highest BCUT2D eigenvalue weighted by Gasteiger charge is 2.14. The Bertz CT molecular complexity index is 567. The first-order valence-corrected chi connectivity index (χ1v) is 6.77. The Hall–Kier alpha value is -1.19. The zero-order chi connectivity index (χ0) is 10.3. The van der Waals surface area contributed by atoms with E-state index in [1.807, 2.05) is 12.1 Å². The average molecular weight is 231 g/mol. The lowest BCUT2D eigenvalue weighted by molar-refractivity contribution is 1.39. The van der Waals surface area contributed by atoms with Gasteiger partial charge in [-0.3, -0.25) is 4.78 Å². The van der Waals surface area contributed by atoms with Crippen LogP contribution in [0.2, 0.25) is 0 Å². The first-order chi connectivity index (χ1) is 7.36. The normalized spacial score (nSPS) is 18.0. The van der Waals surface area contributed by atoms with Crippen LogP contribution in [-0.2, 0) is 10.7 Å². The monoisotopic (exact) mass is 231 g/mol. The fourth-order valence-corrected chi connectivity index (χ4v) is 4.27. The van der Waals surface area contributed by atoms with Crippen molar-refractivity contribution in [2.75, 3.05) is 0 Å². The smallest absolute Gasteiger partial charge is 0.0824 e. The van der Waals surface area contributed by atoms with E-state index in [4.69, 9.17) is 4.78 Å². The molecular weight excluding hydrogens is 222 g/mol. The van der Waals surface area contributed by atoms with Gasteiger partial charge >= 0.3 is 0 Å². The summed E-state index contributed by atoms with van der Waals surface area (Å²) in [5.41, 5.74) is 2.38. The molecule has 1 N–H and O–H groups in total. The zero-order valence-electron chi connectivity index (χ0n) is 7.94. The molecule has 0 amide bonds. The summed E-state index contributed by atoms with van der Waals surface area (Å²) in [6, 6.07) is 10.3. The Morgan fingerprint density at radius 2 is 1.80 bits per heavy atom. The molecule has 0 saturated heterocycles. The summed E-state index contributed by atoms with van der Waals surface area (Å²) in [6.45, 7) is 0. The van der Waals surface area contributed by atoms with Crippen LogP contribution in [0.4, 0.5) is 0 Å². The molecule has 0 radical (unpaired) electrons. The van der Waals surface area contributed by atoms with Crippen molar-refractivity contribution in [3.63, 3.8) is 0 Å². The first-order valence-electron chi connectivity index (χ1n) is 4.66. The Morgan fingerprint density at radius 3 is 2.73 bits per heavy atom. The van der Waals surface area contributed by atoms with Crippen molar-refractivity contribution in [3.05, 3.63) is 46.8 Å². The van der Waals surface area contributed by atoms with Gasteiger partial charge in [0.2, 0.25) is 0 Å². The van der Waals surface area contributed by atoms with Crippen LogP contribution in [0.25, 0.3) is 12.2 Å². The minimum atomic E-state index is -0.520. The van der Waals surface area contributed by atoms with Gasteiger partial charge in [-0.25, -0.2) is 0 Å². The maximum atomic E-state index is 8.29. The molecule has 3 heteroatoms. The quantitative estimate of drug-likeness (QED) is 0.604. The molecular formula is C12H9NS2. The van der Waals surface area contributed by atoms with Crippen molar-refractivity contribution in [2.45, 2.75) is 9.10 Å². The summed E-state index contributed by atoms with van der Waals surface area (Å²) in [7, 11) is -0.520. The molecule has 1 atom stereocenters. The van der Waals surface area contributed by atoms with Gasteiger partial charge in [0.15, 0.2) is 0 Å². The van der Waals surface area contributed by atoms with Crippen molar-refractivity contribution in [2.24, 2.45) is 0 Å². The fourth-order valence-electron chi connectivity index (χ4n) is 1.68. The van der Waals surface area contributed by atoms with Crippen LogP contribution in [-0.4, -0.2) is 0 Å². The van der Waals surface area contributed by atoms with E-state index in [9.17, 15) is 0 Å². The van der Waals surface area contributed by atoms with Gasteiger partial charge in [0.25, 0.3) is 0 Å². The van der Waals surface area contributed by atoms with Crippen LogP contribution < -0.4 is 0 Å². The lowest BCUT2D eigenvalue weighted by atomic mass is 10.2. The van der Waals surface area contributed by atoms with Crippen LogP contribution in [0.15, 0.2) is 44.8 Å². The van der Waals surface area contributed by atoms with Gasteiger partial charge in [0.05, 0.1) is 4.21 Å². The summed E-state index contributed by atoms with van der Waals surface area (Å²) in [6.07, 6.45) is 4.23. The Labute approximate surface area is 95.0 Å². The molecule has 2 heterocycles. The third kappa shape index (κ3) is 1.39. The average Bonchev–Trinajstić information content (AvgIpc) is 2.69. The third-order valence-corrected chi connectivity index (χ3v) is 5.35. The predicted octanol–water partition coefficient (Wildman–Crippen LogP) is 4.03. The van der Waals surface area contributed by atoms with Crippen LogP contribution >= 0.6 is 11.3 Å². The molecule has 3 rings (SSSR count). The Morgan fingerprint density at radius 1 is 1.00 bits per heavy atom. The molecule has 1 aromatic heterocycles. The summed E-state index contributed by atoms with van der Waals surface area (Å²) >= 11 is 1.68. The van der Waals surface area contributed by atoms with Crippen LogP contribution in [0.5, 0.6) is 0 Å². The highest BCUT2D eigenvalue weighted by Crippen LogP contribution is 2.32.